The predicted octanol–water partition coefficient (Wildman–Crippen LogP) is 4.35. The van der Waals surface area contributed by atoms with Gasteiger partial charge in [0.2, 0.25) is 0 Å². The van der Waals surface area contributed by atoms with Gasteiger partial charge in [0.25, 0.3) is 5.91 Å². The molecule has 3 rings (SSSR count). The van der Waals surface area contributed by atoms with Gasteiger partial charge in [0, 0.05) is 15.8 Å². The van der Waals surface area contributed by atoms with Crippen LogP contribution < -0.4 is 5.32 Å². The number of hydrogen-bond donors (Lipinski definition) is 1. The number of amides is 1. The first kappa shape index (κ1) is 15.7. The number of nitrogens with zero attached hydrogens (tertiary/aromatic N) is 2. The van der Waals surface area contributed by atoms with E-state index in [1.54, 1.807) is 10.7 Å². The molecule has 0 spiro atoms. The summed E-state index contributed by atoms with van der Waals surface area (Å²) in [7, 11) is 0. The molecule has 0 radical (unpaired) electrons. The number of nitrogens with one attached hydrogen (secondary N) is 1. The van der Waals surface area contributed by atoms with Gasteiger partial charge < -0.3 is 5.32 Å². The summed E-state index contributed by atoms with van der Waals surface area (Å²) in [5.74, 6) is 0.389. The van der Waals surface area contributed by atoms with Crippen molar-refractivity contribution in [2.45, 2.75) is 13.8 Å². The van der Waals surface area contributed by atoms with Crippen LogP contribution in [0.25, 0.3) is 5.69 Å². The highest BCUT2D eigenvalue weighted by Crippen LogP contribution is 2.17. The Morgan fingerprint density at radius 2 is 1.74 bits per heavy atom. The molecule has 1 N–H and O–H groups in total. The second-order valence-corrected chi connectivity index (χ2v) is 6.58. The predicted molar refractivity (Wildman–Crippen MR) is 100 cm³/mol. The lowest BCUT2D eigenvalue weighted by molar-refractivity contribution is 0.102. The van der Waals surface area contributed by atoms with Crippen molar-refractivity contribution in [3.63, 3.8) is 0 Å². The van der Waals surface area contributed by atoms with Crippen molar-refractivity contribution < 1.29 is 4.79 Å². The molecule has 1 amide bonds. The highest BCUT2D eigenvalue weighted by Gasteiger charge is 2.12. The van der Waals surface area contributed by atoms with Crippen LogP contribution in [-0.4, -0.2) is 15.7 Å². The summed E-state index contributed by atoms with van der Waals surface area (Å²) >= 11 is 2.17. The summed E-state index contributed by atoms with van der Waals surface area (Å²) in [6.07, 6.45) is 1.83. The number of hydrogen-bond acceptors (Lipinski definition) is 2. The third kappa shape index (κ3) is 3.61. The van der Waals surface area contributed by atoms with Gasteiger partial charge in [-0.05, 0) is 60.7 Å². The number of aromatic nitrogens is 2. The van der Waals surface area contributed by atoms with Gasteiger partial charge >= 0.3 is 0 Å². The van der Waals surface area contributed by atoms with Crippen LogP contribution in [0.15, 0.2) is 54.7 Å². The van der Waals surface area contributed by atoms with Crippen molar-refractivity contribution in [1.29, 1.82) is 0 Å². The molecule has 0 saturated carbocycles. The molecule has 1 aromatic heterocycles. The topological polar surface area (TPSA) is 46.9 Å². The molecule has 0 aliphatic heterocycles. The van der Waals surface area contributed by atoms with Crippen molar-refractivity contribution in [2.75, 3.05) is 5.32 Å². The van der Waals surface area contributed by atoms with E-state index in [0.717, 1.165) is 14.8 Å². The third-order valence-corrected chi connectivity index (χ3v) is 4.44. The zero-order valence-corrected chi connectivity index (χ0v) is 15.0. The van der Waals surface area contributed by atoms with Gasteiger partial charge in [-0.2, -0.15) is 5.10 Å². The average molecular weight is 417 g/mol. The molecule has 23 heavy (non-hydrogen) atoms. The first-order valence-electron chi connectivity index (χ1n) is 7.23. The van der Waals surface area contributed by atoms with Crippen molar-refractivity contribution >= 4 is 34.3 Å². The zero-order chi connectivity index (χ0) is 16.4. The maximum Gasteiger partial charge on any atom is 0.257 e. The second-order valence-electron chi connectivity index (χ2n) is 5.42. The molecule has 0 bridgehead atoms. The van der Waals surface area contributed by atoms with E-state index in [1.165, 1.54) is 5.56 Å². The first-order valence-corrected chi connectivity index (χ1v) is 8.31. The lowest BCUT2D eigenvalue weighted by atomic mass is 10.1. The summed E-state index contributed by atoms with van der Waals surface area (Å²) in [4.78, 5) is 12.4. The second kappa shape index (κ2) is 6.54. The molecule has 2 aromatic carbocycles. The van der Waals surface area contributed by atoms with E-state index in [-0.39, 0.29) is 5.91 Å². The number of carbonyl (C=O) groups is 1. The Morgan fingerprint density at radius 1 is 1.04 bits per heavy atom. The van der Waals surface area contributed by atoms with Crippen molar-refractivity contribution in [2.24, 2.45) is 0 Å². The highest BCUT2D eigenvalue weighted by atomic mass is 127. The van der Waals surface area contributed by atoms with Crippen LogP contribution in [0.3, 0.4) is 0 Å². The lowest BCUT2D eigenvalue weighted by Crippen LogP contribution is -2.14. The Bertz CT molecular complexity index is 853. The molecule has 0 atom stereocenters. The molecule has 0 aliphatic carbocycles. The first-order chi connectivity index (χ1) is 11.0. The van der Waals surface area contributed by atoms with Crippen LogP contribution in [0.1, 0.15) is 21.5 Å². The fourth-order valence-corrected chi connectivity index (χ4v) is 2.81. The summed E-state index contributed by atoms with van der Waals surface area (Å²) in [6.45, 7) is 4.01. The van der Waals surface area contributed by atoms with Crippen LogP contribution in [0, 0.1) is 17.4 Å². The highest BCUT2D eigenvalue weighted by molar-refractivity contribution is 14.1. The molecule has 5 heteroatoms. The van der Waals surface area contributed by atoms with Crippen molar-refractivity contribution in [3.05, 3.63) is 75.0 Å². The maximum atomic E-state index is 12.4. The van der Waals surface area contributed by atoms with Gasteiger partial charge in [-0.25, -0.2) is 4.68 Å². The van der Waals surface area contributed by atoms with Gasteiger partial charge in [-0.15, -0.1) is 0 Å². The third-order valence-electron chi connectivity index (χ3n) is 3.50. The van der Waals surface area contributed by atoms with Gasteiger partial charge in [0.05, 0.1) is 11.3 Å². The van der Waals surface area contributed by atoms with Gasteiger partial charge in [0.15, 0.2) is 5.82 Å². The molecule has 116 valence electrons. The Kier molecular flexibility index (Phi) is 4.47. The van der Waals surface area contributed by atoms with Gasteiger partial charge in [0.1, 0.15) is 0 Å². The number of halogens is 1. The molecular weight excluding hydrogens is 401 g/mol. The molecule has 0 aliphatic rings. The normalized spacial score (nSPS) is 10.6. The van der Waals surface area contributed by atoms with Crippen LogP contribution in [0.5, 0.6) is 0 Å². The molecule has 0 fully saturated rings. The van der Waals surface area contributed by atoms with Crippen molar-refractivity contribution in [3.8, 4) is 5.69 Å². The van der Waals surface area contributed by atoms with E-state index in [9.17, 15) is 4.79 Å². The van der Waals surface area contributed by atoms with Crippen LogP contribution in [-0.2, 0) is 0 Å². The fraction of sp³-hybridized carbons (Fsp3) is 0.111. The summed E-state index contributed by atoms with van der Waals surface area (Å²) in [5.41, 5.74) is 3.88. The Hall–Kier alpha value is -2.15. The van der Waals surface area contributed by atoms with Gasteiger partial charge in [-0.3, -0.25) is 4.79 Å². The van der Waals surface area contributed by atoms with E-state index in [2.05, 4.69) is 33.0 Å². The molecule has 4 nitrogen and oxygen atoms in total. The Balaban J connectivity index is 1.80. The summed E-state index contributed by atoms with van der Waals surface area (Å²) < 4.78 is 2.67. The molecular formula is C18H16IN3O. The van der Waals surface area contributed by atoms with E-state index in [4.69, 9.17) is 0 Å². The molecule has 0 unspecified atom stereocenters. The van der Waals surface area contributed by atoms with Crippen LogP contribution >= 0.6 is 22.6 Å². The van der Waals surface area contributed by atoms with E-state index >= 15 is 0 Å². The Labute approximate surface area is 148 Å². The average Bonchev–Trinajstić information content (AvgIpc) is 2.99. The summed E-state index contributed by atoms with van der Waals surface area (Å²) in [5, 5.41) is 7.26. The number of benzene rings is 2. The number of carbonyl (C=O) groups excluding carboxylic acids is 1. The zero-order valence-electron chi connectivity index (χ0n) is 12.9. The molecule has 0 saturated heterocycles. The van der Waals surface area contributed by atoms with Crippen molar-refractivity contribution in [1.82, 2.24) is 9.78 Å². The van der Waals surface area contributed by atoms with E-state index < -0.39 is 0 Å². The molecule has 1 heterocycles. The molecule has 3 aromatic rings. The number of rotatable bonds is 3. The van der Waals surface area contributed by atoms with E-state index in [1.807, 2.05) is 62.5 Å². The largest absolute Gasteiger partial charge is 0.305 e. The maximum absolute atomic E-state index is 12.4. The van der Waals surface area contributed by atoms with Crippen LogP contribution in [0.4, 0.5) is 5.82 Å². The SMILES string of the molecule is Cc1ccc(-n2ccc(NC(=O)c3cc(C)ccc3I)n2)cc1. The summed E-state index contributed by atoms with van der Waals surface area (Å²) in [6, 6.07) is 15.7. The van der Waals surface area contributed by atoms with Crippen LogP contribution in [0.2, 0.25) is 0 Å². The minimum absolute atomic E-state index is 0.146. The quantitative estimate of drug-likeness (QED) is 0.645. The minimum Gasteiger partial charge on any atom is -0.305 e. The fourth-order valence-electron chi connectivity index (χ4n) is 2.23. The Morgan fingerprint density at radius 3 is 2.48 bits per heavy atom. The van der Waals surface area contributed by atoms with Gasteiger partial charge in [-0.1, -0.05) is 29.3 Å². The number of anilines is 1. The lowest BCUT2D eigenvalue weighted by Gasteiger charge is -2.06. The minimum atomic E-state index is -0.146. The monoisotopic (exact) mass is 417 g/mol. The van der Waals surface area contributed by atoms with E-state index in [0.29, 0.717) is 11.4 Å². The standard InChI is InChI=1S/C18H16IN3O/c1-12-3-6-14(7-4-12)22-10-9-17(21-22)20-18(23)15-11-13(2)5-8-16(15)19/h3-11H,1-2H3,(H,20,21,23). The smallest absolute Gasteiger partial charge is 0.257 e. The number of aryl methyl sites for hydroxylation is 2.